The zero-order valence-electron chi connectivity index (χ0n) is 19.1. The Morgan fingerprint density at radius 1 is 1.12 bits per heavy atom. The Morgan fingerprint density at radius 3 is 2.36 bits per heavy atom. The molecule has 1 aliphatic carbocycles. The lowest BCUT2D eigenvalue weighted by Gasteiger charge is -2.29. The molecular formula is C25H29BrCl2N2O3. The van der Waals surface area contributed by atoms with Gasteiger partial charge in [-0.1, -0.05) is 58.0 Å². The van der Waals surface area contributed by atoms with E-state index in [9.17, 15) is 9.59 Å². The molecule has 0 spiro atoms. The molecule has 1 saturated carbocycles. The Labute approximate surface area is 213 Å². The van der Waals surface area contributed by atoms with Crippen molar-refractivity contribution in [1.82, 2.24) is 10.2 Å². The summed E-state index contributed by atoms with van der Waals surface area (Å²) in [7, 11) is 0. The number of carbonyl (C=O) groups excluding carboxylic acids is 2. The molecule has 2 aromatic rings. The van der Waals surface area contributed by atoms with Crippen LogP contribution in [-0.2, 0) is 16.1 Å². The molecule has 2 amide bonds. The van der Waals surface area contributed by atoms with Crippen LogP contribution in [0.3, 0.4) is 0 Å². The fraction of sp³-hybridized carbons (Fsp3) is 0.440. The maximum atomic E-state index is 13.2. The molecule has 8 heteroatoms. The second-order valence-electron chi connectivity index (χ2n) is 8.60. The van der Waals surface area contributed by atoms with Crippen LogP contribution in [0.25, 0.3) is 0 Å². The lowest BCUT2D eigenvalue weighted by atomic mass is 10.1. The number of aryl methyl sites for hydroxylation is 2. The van der Waals surface area contributed by atoms with Crippen LogP contribution in [0.1, 0.15) is 49.3 Å². The molecule has 2 aromatic carbocycles. The van der Waals surface area contributed by atoms with Crippen molar-refractivity contribution in [2.75, 3.05) is 6.61 Å². The number of halogens is 3. The van der Waals surface area contributed by atoms with E-state index in [1.165, 1.54) is 4.90 Å². The number of rotatable bonds is 8. The standard InChI is InChI=1S/C25H29BrCl2N2O3/c1-15-10-20(11-16(2)24(15)26)33-14-23(31)30(13-18-8-9-21(27)22(28)12-18)17(3)25(32)29-19-6-4-5-7-19/h8-12,17,19H,4-7,13-14H2,1-3H3,(H,29,32)/t17-/m0/s1. The largest absolute Gasteiger partial charge is 0.484 e. The van der Waals surface area contributed by atoms with E-state index >= 15 is 0 Å². The summed E-state index contributed by atoms with van der Waals surface area (Å²) < 4.78 is 6.83. The Hall–Kier alpha value is -1.76. The number of hydrogen-bond donors (Lipinski definition) is 1. The van der Waals surface area contributed by atoms with Gasteiger partial charge in [0.25, 0.3) is 5.91 Å². The van der Waals surface area contributed by atoms with Crippen molar-refractivity contribution in [2.24, 2.45) is 0 Å². The van der Waals surface area contributed by atoms with Crippen LogP contribution in [0.15, 0.2) is 34.8 Å². The van der Waals surface area contributed by atoms with Gasteiger partial charge < -0.3 is 15.0 Å². The van der Waals surface area contributed by atoms with Gasteiger partial charge >= 0.3 is 0 Å². The van der Waals surface area contributed by atoms with Crippen LogP contribution in [0, 0.1) is 13.8 Å². The number of nitrogens with zero attached hydrogens (tertiary/aromatic N) is 1. The van der Waals surface area contributed by atoms with Crippen molar-refractivity contribution in [3.05, 3.63) is 61.5 Å². The van der Waals surface area contributed by atoms with Gasteiger partial charge in [-0.25, -0.2) is 0 Å². The molecule has 1 fully saturated rings. The zero-order valence-corrected chi connectivity index (χ0v) is 22.2. The average Bonchev–Trinajstić information content (AvgIpc) is 3.29. The first-order valence-electron chi connectivity index (χ1n) is 11.1. The van der Waals surface area contributed by atoms with E-state index in [0.29, 0.717) is 15.8 Å². The highest BCUT2D eigenvalue weighted by molar-refractivity contribution is 9.10. The summed E-state index contributed by atoms with van der Waals surface area (Å²) in [4.78, 5) is 27.7. The van der Waals surface area contributed by atoms with E-state index in [4.69, 9.17) is 27.9 Å². The van der Waals surface area contributed by atoms with Gasteiger partial charge in [0.15, 0.2) is 6.61 Å². The molecule has 5 nitrogen and oxygen atoms in total. The predicted octanol–water partition coefficient (Wildman–Crippen LogP) is 6.23. The molecular weight excluding hydrogens is 527 g/mol. The smallest absolute Gasteiger partial charge is 0.261 e. The minimum absolute atomic E-state index is 0.161. The molecule has 1 atom stereocenters. The third kappa shape index (κ3) is 6.87. The van der Waals surface area contributed by atoms with Crippen molar-refractivity contribution in [3.63, 3.8) is 0 Å². The first kappa shape index (κ1) is 25.9. The van der Waals surface area contributed by atoms with Crippen molar-refractivity contribution >= 4 is 50.9 Å². The summed E-state index contributed by atoms with van der Waals surface area (Å²) in [6.07, 6.45) is 4.19. The minimum Gasteiger partial charge on any atom is -0.484 e. The first-order chi connectivity index (χ1) is 15.7. The molecule has 1 N–H and O–H groups in total. The lowest BCUT2D eigenvalue weighted by molar-refractivity contribution is -0.142. The van der Waals surface area contributed by atoms with E-state index in [1.54, 1.807) is 25.1 Å². The molecule has 0 radical (unpaired) electrons. The average molecular weight is 556 g/mol. The summed E-state index contributed by atoms with van der Waals surface area (Å²) in [6.45, 7) is 5.73. The number of benzene rings is 2. The summed E-state index contributed by atoms with van der Waals surface area (Å²) in [5.41, 5.74) is 2.83. The van der Waals surface area contributed by atoms with Crippen LogP contribution in [0.4, 0.5) is 0 Å². The van der Waals surface area contributed by atoms with Crippen LogP contribution < -0.4 is 10.1 Å². The monoisotopic (exact) mass is 554 g/mol. The Morgan fingerprint density at radius 2 is 1.76 bits per heavy atom. The first-order valence-corrected chi connectivity index (χ1v) is 12.6. The number of amides is 2. The zero-order chi connectivity index (χ0) is 24.1. The fourth-order valence-corrected chi connectivity index (χ4v) is 4.58. The number of carbonyl (C=O) groups is 2. The van der Waals surface area contributed by atoms with Gasteiger partial charge in [0, 0.05) is 17.1 Å². The predicted molar refractivity (Wildman–Crippen MR) is 136 cm³/mol. The normalized spacial score (nSPS) is 14.7. The van der Waals surface area contributed by atoms with Crippen LogP contribution >= 0.6 is 39.1 Å². The Bertz CT molecular complexity index is 1000. The van der Waals surface area contributed by atoms with Crippen LogP contribution in [0.2, 0.25) is 10.0 Å². The summed E-state index contributed by atoms with van der Waals surface area (Å²) >= 11 is 15.8. The lowest BCUT2D eigenvalue weighted by Crippen LogP contribution is -2.50. The van der Waals surface area contributed by atoms with E-state index < -0.39 is 6.04 Å². The molecule has 0 aliphatic heterocycles. The number of nitrogens with one attached hydrogen (secondary N) is 1. The molecule has 0 aromatic heterocycles. The van der Waals surface area contributed by atoms with Crippen molar-refractivity contribution in [3.8, 4) is 5.75 Å². The summed E-state index contributed by atoms with van der Waals surface area (Å²) in [5, 5.41) is 3.93. The van der Waals surface area contributed by atoms with Gasteiger partial charge in [0.2, 0.25) is 5.91 Å². The van der Waals surface area contributed by atoms with Gasteiger partial charge in [0.05, 0.1) is 10.0 Å². The van der Waals surface area contributed by atoms with Gasteiger partial charge in [-0.05, 0) is 74.6 Å². The molecule has 3 rings (SSSR count). The van der Waals surface area contributed by atoms with Gasteiger partial charge in [-0.15, -0.1) is 0 Å². The molecule has 0 unspecified atom stereocenters. The number of ether oxygens (including phenoxy) is 1. The highest BCUT2D eigenvalue weighted by atomic mass is 79.9. The summed E-state index contributed by atoms with van der Waals surface area (Å²) in [5.74, 6) is 0.165. The maximum Gasteiger partial charge on any atom is 0.261 e. The fourth-order valence-electron chi connectivity index (χ4n) is 4.03. The SMILES string of the molecule is Cc1cc(OCC(=O)N(Cc2ccc(Cl)c(Cl)c2)[C@@H](C)C(=O)NC2CCCC2)cc(C)c1Br. The number of hydrogen-bond acceptors (Lipinski definition) is 3. The van der Waals surface area contributed by atoms with Gasteiger partial charge in [-0.2, -0.15) is 0 Å². The molecule has 178 valence electrons. The van der Waals surface area contributed by atoms with Gasteiger partial charge in [-0.3, -0.25) is 9.59 Å². The van der Waals surface area contributed by atoms with Gasteiger partial charge in [0.1, 0.15) is 11.8 Å². The molecule has 1 aliphatic rings. The Kier molecular flexibility index (Phi) is 9.08. The van der Waals surface area contributed by atoms with Crippen molar-refractivity contribution < 1.29 is 14.3 Å². The van der Waals surface area contributed by atoms with Crippen molar-refractivity contribution in [2.45, 2.75) is 65.1 Å². The quantitative estimate of drug-likeness (QED) is 0.420. The van der Waals surface area contributed by atoms with Crippen LogP contribution in [-0.4, -0.2) is 35.4 Å². The topological polar surface area (TPSA) is 58.6 Å². The Balaban J connectivity index is 1.76. The molecule has 0 bridgehead atoms. The third-order valence-electron chi connectivity index (χ3n) is 5.98. The third-order valence-corrected chi connectivity index (χ3v) is 7.97. The second kappa shape index (κ2) is 11.6. The minimum atomic E-state index is -0.662. The van der Waals surface area contributed by atoms with E-state index in [-0.39, 0.29) is 31.0 Å². The molecule has 33 heavy (non-hydrogen) atoms. The second-order valence-corrected chi connectivity index (χ2v) is 10.2. The maximum absolute atomic E-state index is 13.2. The van der Waals surface area contributed by atoms with E-state index in [1.807, 2.05) is 26.0 Å². The van der Waals surface area contributed by atoms with Crippen molar-refractivity contribution in [1.29, 1.82) is 0 Å². The highest BCUT2D eigenvalue weighted by Crippen LogP contribution is 2.27. The van der Waals surface area contributed by atoms with E-state index in [2.05, 4.69) is 21.2 Å². The highest BCUT2D eigenvalue weighted by Gasteiger charge is 2.29. The molecule has 0 heterocycles. The summed E-state index contributed by atoms with van der Waals surface area (Å²) in [6, 6.07) is 8.48. The molecule has 0 saturated heterocycles. The van der Waals surface area contributed by atoms with Crippen LogP contribution in [0.5, 0.6) is 5.75 Å². The van der Waals surface area contributed by atoms with E-state index in [0.717, 1.165) is 46.8 Å².